The van der Waals surface area contributed by atoms with Crippen LogP contribution in [0.2, 0.25) is 0 Å². The first-order chi connectivity index (χ1) is 9.15. The minimum atomic E-state index is -0.430. The molecule has 0 saturated carbocycles. The van der Waals surface area contributed by atoms with E-state index in [9.17, 15) is 8.78 Å². The van der Waals surface area contributed by atoms with E-state index in [0.29, 0.717) is 18.6 Å². The second kappa shape index (κ2) is 5.17. The van der Waals surface area contributed by atoms with Crippen LogP contribution in [0.4, 0.5) is 8.78 Å². The van der Waals surface area contributed by atoms with Crippen molar-refractivity contribution in [2.45, 2.75) is 38.4 Å². The van der Waals surface area contributed by atoms with Crippen molar-refractivity contribution in [1.29, 1.82) is 0 Å². The van der Waals surface area contributed by atoms with Gasteiger partial charge in [0.15, 0.2) is 0 Å². The maximum Gasteiger partial charge on any atom is 0.130 e. The molecule has 2 atom stereocenters. The summed E-state index contributed by atoms with van der Waals surface area (Å²) in [5, 5.41) is 0. The molecular weight excluding hydrogens is 246 g/mol. The summed E-state index contributed by atoms with van der Waals surface area (Å²) < 4.78 is 27.4. The van der Waals surface area contributed by atoms with Gasteiger partial charge in [-0.3, -0.25) is 9.80 Å². The highest BCUT2D eigenvalue weighted by atomic mass is 19.1. The number of piperazine rings is 1. The Balaban J connectivity index is 1.75. The Kier molecular flexibility index (Phi) is 3.54. The normalized spacial score (nSPS) is 28.6. The van der Waals surface area contributed by atoms with Crippen LogP contribution in [0, 0.1) is 11.6 Å². The number of nitrogens with zero attached hydrogens (tertiary/aromatic N) is 2. The molecule has 1 aromatic carbocycles. The van der Waals surface area contributed by atoms with Crippen molar-refractivity contribution in [3.63, 3.8) is 0 Å². The van der Waals surface area contributed by atoms with Gasteiger partial charge in [-0.2, -0.15) is 0 Å². The van der Waals surface area contributed by atoms with E-state index in [0.717, 1.165) is 13.1 Å². The molecular formula is C15H20F2N2. The molecule has 2 heterocycles. The first kappa shape index (κ1) is 13.0. The van der Waals surface area contributed by atoms with Gasteiger partial charge >= 0.3 is 0 Å². The van der Waals surface area contributed by atoms with E-state index in [2.05, 4.69) is 16.7 Å². The van der Waals surface area contributed by atoms with Gasteiger partial charge in [0.1, 0.15) is 11.6 Å². The van der Waals surface area contributed by atoms with Gasteiger partial charge in [0, 0.05) is 37.3 Å². The Hall–Kier alpha value is -1.00. The molecule has 4 heteroatoms. The van der Waals surface area contributed by atoms with E-state index in [1.165, 1.54) is 37.6 Å². The van der Waals surface area contributed by atoms with Crippen LogP contribution in [0.3, 0.4) is 0 Å². The van der Waals surface area contributed by atoms with Crippen LogP contribution in [0.1, 0.15) is 25.3 Å². The van der Waals surface area contributed by atoms with Crippen LogP contribution in [0.5, 0.6) is 0 Å². The number of hydrogen-bond donors (Lipinski definition) is 0. The number of hydrogen-bond acceptors (Lipinski definition) is 2. The smallest absolute Gasteiger partial charge is 0.130 e. The second-order valence-corrected chi connectivity index (χ2v) is 5.77. The summed E-state index contributed by atoms with van der Waals surface area (Å²) in [6, 6.07) is 5.04. The van der Waals surface area contributed by atoms with Gasteiger partial charge in [-0.15, -0.1) is 0 Å². The average Bonchev–Trinajstić information content (AvgIpc) is 2.81. The van der Waals surface area contributed by atoms with Crippen LogP contribution in [-0.4, -0.2) is 41.5 Å². The number of halogens is 2. The average molecular weight is 266 g/mol. The van der Waals surface area contributed by atoms with Crippen molar-refractivity contribution in [3.05, 3.63) is 35.4 Å². The van der Waals surface area contributed by atoms with Gasteiger partial charge in [-0.1, -0.05) is 6.07 Å². The summed E-state index contributed by atoms with van der Waals surface area (Å²) in [5.74, 6) is -0.859. The zero-order valence-corrected chi connectivity index (χ0v) is 11.3. The quantitative estimate of drug-likeness (QED) is 0.812. The lowest BCUT2D eigenvalue weighted by Gasteiger charge is -2.42. The molecule has 0 spiro atoms. The third-order valence-corrected chi connectivity index (χ3v) is 4.49. The molecule has 0 bridgehead atoms. The molecule has 1 aromatic rings. The van der Waals surface area contributed by atoms with Crippen molar-refractivity contribution in [1.82, 2.24) is 9.80 Å². The zero-order chi connectivity index (χ0) is 13.4. The molecule has 2 aliphatic heterocycles. The molecule has 0 aliphatic carbocycles. The maximum absolute atomic E-state index is 13.7. The minimum Gasteiger partial charge on any atom is -0.298 e. The lowest BCUT2D eigenvalue weighted by atomic mass is 10.1. The van der Waals surface area contributed by atoms with Gasteiger partial charge in [-0.25, -0.2) is 8.78 Å². The molecule has 0 radical (unpaired) electrons. The van der Waals surface area contributed by atoms with Crippen molar-refractivity contribution in [2.24, 2.45) is 0 Å². The minimum absolute atomic E-state index is 0.209. The van der Waals surface area contributed by atoms with Gasteiger partial charge < -0.3 is 0 Å². The SMILES string of the molecule is C[C@@H]1CN2CCC[C@@H]2CN1Cc1c(F)cccc1F. The van der Waals surface area contributed by atoms with Crippen LogP contribution in [-0.2, 0) is 6.54 Å². The third kappa shape index (κ3) is 2.51. The van der Waals surface area contributed by atoms with Crippen LogP contribution in [0.15, 0.2) is 18.2 Å². The predicted octanol–water partition coefficient (Wildman–Crippen LogP) is 2.63. The van der Waals surface area contributed by atoms with Gasteiger partial charge in [0.2, 0.25) is 0 Å². The van der Waals surface area contributed by atoms with Gasteiger partial charge in [-0.05, 0) is 38.4 Å². The molecule has 2 saturated heterocycles. The molecule has 0 N–H and O–H groups in total. The highest BCUT2D eigenvalue weighted by Gasteiger charge is 2.34. The number of benzene rings is 1. The summed E-state index contributed by atoms with van der Waals surface area (Å²) in [5.41, 5.74) is 0.209. The van der Waals surface area contributed by atoms with E-state index < -0.39 is 11.6 Å². The fraction of sp³-hybridized carbons (Fsp3) is 0.600. The lowest BCUT2D eigenvalue weighted by molar-refractivity contribution is 0.0525. The number of rotatable bonds is 2. The predicted molar refractivity (Wildman–Crippen MR) is 70.8 cm³/mol. The second-order valence-electron chi connectivity index (χ2n) is 5.77. The van der Waals surface area contributed by atoms with Crippen molar-refractivity contribution >= 4 is 0 Å². The Morgan fingerprint density at radius 1 is 1.21 bits per heavy atom. The van der Waals surface area contributed by atoms with Crippen LogP contribution < -0.4 is 0 Å². The Morgan fingerprint density at radius 3 is 2.68 bits per heavy atom. The standard InChI is InChI=1S/C15H20F2N2/c1-11-8-18-7-3-4-12(18)9-19(11)10-13-14(16)5-2-6-15(13)17/h2,5-6,11-12H,3-4,7-10H2,1H3/t11-,12-/m1/s1. The number of fused-ring (bicyclic) bond motifs is 1. The van der Waals surface area contributed by atoms with E-state index in [-0.39, 0.29) is 5.56 Å². The van der Waals surface area contributed by atoms with E-state index >= 15 is 0 Å². The van der Waals surface area contributed by atoms with Crippen molar-refractivity contribution in [3.8, 4) is 0 Å². The summed E-state index contributed by atoms with van der Waals surface area (Å²) in [6.45, 7) is 5.64. The summed E-state index contributed by atoms with van der Waals surface area (Å²) in [6.07, 6.45) is 2.46. The maximum atomic E-state index is 13.7. The monoisotopic (exact) mass is 266 g/mol. The topological polar surface area (TPSA) is 6.48 Å². The van der Waals surface area contributed by atoms with E-state index in [1.54, 1.807) is 0 Å². The summed E-state index contributed by atoms with van der Waals surface area (Å²) in [7, 11) is 0. The molecule has 2 nitrogen and oxygen atoms in total. The van der Waals surface area contributed by atoms with Gasteiger partial charge in [0.25, 0.3) is 0 Å². The summed E-state index contributed by atoms with van der Waals surface area (Å²) >= 11 is 0. The Labute approximate surface area is 113 Å². The van der Waals surface area contributed by atoms with Crippen molar-refractivity contribution in [2.75, 3.05) is 19.6 Å². The van der Waals surface area contributed by atoms with Gasteiger partial charge in [0.05, 0.1) is 0 Å². The fourth-order valence-electron chi connectivity index (χ4n) is 3.35. The van der Waals surface area contributed by atoms with Crippen molar-refractivity contribution < 1.29 is 8.78 Å². The molecule has 0 aromatic heterocycles. The summed E-state index contributed by atoms with van der Waals surface area (Å²) in [4.78, 5) is 4.73. The fourth-order valence-corrected chi connectivity index (χ4v) is 3.35. The Morgan fingerprint density at radius 2 is 1.95 bits per heavy atom. The highest BCUT2D eigenvalue weighted by molar-refractivity contribution is 5.19. The first-order valence-electron chi connectivity index (χ1n) is 7.06. The third-order valence-electron chi connectivity index (χ3n) is 4.49. The molecule has 19 heavy (non-hydrogen) atoms. The largest absolute Gasteiger partial charge is 0.298 e. The molecule has 2 fully saturated rings. The molecule has 0 amide bonds. The zero-order valence-electron chi connectivity index (χ0n) is 11.3. The molecule has 0 unspecified atom stereocenters. The molecule has 104 valence electrons. The van der Waals surface area contributed by atoms with E-state index in [1.807, 2.05) is 0 Å². The van der Waals surface area contributed by atoms with Crippen LogP contribution in [0.25, 0.3) is 0 Å². The van der Waals surface area contributed by atoms with E-state index in [4.69, 9.17) is 0 Å². The molecule has 2 aliphatic rings. The lowest BCUT2D eigenvalue weighted by Crippen LogP contribution is -2.54. The van der Waals surface area contributed by atoms with Crippen LogP contribution >= 0.6 is 0 Å². The molecule has 3 rings (SSSR count). The first-order valence-corrected chi connectivity index (χ1v) is 7.06. The Bertz CT molecular complexity index is 443. The highest BCUT2D eigenvalue weighted by Crippen LogP contribution is 2.26.